The number of rotatable bonds is 8. The summed E-state index contributed by atoms with van der Waals surface area (Å²) in [6.45, 7) is 4.05. The third-order valence-electron chi connectivity index (χ3n) is 4.51. The summed E-state index contributed by atoms with van der Waals surface area (Å²) in [5, 5.41) is 10.4. The summed E-state index contributed by atoms with van der Waals surface area (Å²) in [5.74, 6) is -1.74. The number of esters is 1. The number of methoxy groups -OCH3 is 1. The monoisotopic (exact) mass is 359 g/mol. The maximum Gasteiger partial charge on any atom is 0.311 e. The number of benzene rings is 1. The molecule has 1 heterocycles. The molecule has 6 heteroatoms. The van der Waals surface area contributed by atoms with E-state index in [4.69, 9.17) is 4.74 Å². The van der Waals surface area contributed by atoms with Crippen LogP contribution in [0.1, 0.15) is 53.8 Å². The van der Waals surface area contributed by atoms with Gasteiger partial charge < -0.3 is 9.84 Å². The van der Waals surface area contributed by atoms with Crippen molar-refractivity contribution in [3.05, 3.63) is 47.0 Å². The summed E-state index contributed by atoms with van der Waals surface area (Å²) >= 11 is 0. The molecule has 0 unspecified atom stereocenters. The van der Waals surface area contributed by atoms with Crippen molar-refractivity contribution in [1.82, 2.24) is 4.90 Å². The molecular weight excluding hydrogens is 334 g/mol. The van der Waals surface area contributed by atoms with E-state index in [0.717, 1.165) is 5.57 Å². The van der Waals surface area contributed by atoms with E-state index < -0.39 is 18.0 Å². The Kier molecular flexibility index (Phi) is 6.69. The highest BCUT2D eigenvalue weighted by Crippen LogP contribution is 2.24. The van der Waals surface area contributed by atoms with Crippen LogP contribution >= 0.6 is 0 Å². The fourth-order valence-corrected chi connectivity index (χ4v) is 3.03. The minimum absolute atomic E-state index is 0.208. The van der Waals surface area contributed by atoms with Crippen LogP contribution in [0.3, 0.4) is 0 Å². The van der Waals surface area contributed by atoms with Gasteiger partial charge in [-0.2, -0.15) is 0 Å². The van der Waals surface area contributed by atoms with Gasteiger partial charge in [0.25, 0.3) is 11.8 Å². The van der Waals surface area contributed by atoms with Crippen molar-refractivity contribution in [2.45, 2.75) is 39.2 Å². The topological polar surface area (TPSA) is 83.9 Å². The Hall–Kier alpha value is -2.47. The number of allylic oxidation sites excluding steroid dienone is 2. The molecule has 2 rings (SSSR count). The number of amides is 2. The standard InChI is InChI=1S/C20H25NO5/c1-13(2)10-11-16(20(25)26-3)17(22)9-6-12-21-18(23)14-7-4-5-8-15(14)19(21)24/h4-5,7-8,10,16-17,22H,6,9,11-12H2,1-3H3/t16-,17-/m1/s1. The second-order valence-corrected chi connectivity index (χ2v) is 6.66. The third kappa shape index (κ3) is 4.38. The fraction of sp³-hybridized carbons (Fsp3) is 0.450. The van der Waals surface area contributed by atoms with Crippen LogP contribution in [-0.2, 0) is 9.53 Å². The Balaban J connectivity index is 1.94. The van der Waals surface area contributed by atoms with Gasteiger partial charge in [0, 0.05) is 6.54 Å². The summed E-state index contributed by atoms with van der Waals surface area (Å²) in [4.78, 5) is 37.7. The van der Waals surface area contributed by atoms with E-state index >= 15 is 0 Å². The average Bonchev–Trinajstić information content (AvgIpc) is 2.86. The maximum absolute atomic E-state index is 12.3. The summed E-state index contributed by atoms with van der Waals surface area (Å²) in [5.41, 5.74) is 1.88. The van der Waals surface area contributed by atoms with E-state index in [1.807, 2.05) is 19.9 Å². The Labute approximate surface area is 153 Å². The van der Waals surface area contributed by atoms with E-state index in [9.17, 15) is 19.5 Å². The van der Waals surface area contributed by atoms with Gasteiger partial charge in [0.2, 0.25) is 0 Å². The Bertz CT molecular complexity index is 686. The smallest absolute Gasteiger partial charge is 0.311 e. The average molecular weight is 359 g/mol. The number of ether oxygens (including phenoxy) is 1. The molecule has 2 amide bonds. The van der Waals surface area contributed by atoms with Crippen LogP contribution in [0.5, 0.6) is 0 Å². The highest BCUT2D eigenvalue weighted by Gasteiger charge is 2.35. The fourth-order valence-electron chi connectivity index (χ4n) is 3.03. The molecule has 0 bridgehead atoms. The first kappa shape index (κ1) is 19.8. The molecular formula is C20H25NO5. The first-order chi connectivity index (χ1) is 12.4. The van der Waals surface area contributed by atoms with Gasteiger partial charge in [-0.15, -0.1) is 0 Å². The molecule has 0 saturated heterocycles. The summed E-state index contributed by atoms with van der Waals surface area (Å²) in [6, 6.07) is 6.72. The molecule has 0 saturated carbocycles. The van der Waals surface area contributed by atoms with Gasteiger partial charge in [-0.25, -0.2) is 0 Å². The number of carbonyl (C=O) groups is 3. The van der Waals surface area contributed by atoms with Crippen molar-refractivity contribution in [2.75, 3.05) is 13.7 Å². The Morgan fingerprint density at radius 3 is 2.27 bits per heavy atom. The minimum Gasteiger partial charge on any atom is -0.469 e. The number of aliphatic hydroxyl groups is 1. The van der Waals surface area contributed by atoms with Gasteiger partial charge in [0.1, 0.15) is 0 Å². The lowest BCUT2D eigenvalue weighted by molar-refractivity contribution is -0.149. The zero-order valence-corrected chi connectivity index (χ0v) is 15.4. The number of aliphatic hydroxyl groups excluding tert-OH is 1. The quantitative estimate of drug-likeness (QED) is 0.438. The number of hydrogen-bond acceptors (Lipinski definition) is 5. The second-order valence-electron chi connectivity index (χ2n) is 6.66. The number of carbonyl (C=O) groups excluding carboxylic acids is 3. The van der Waals surface area contributed by atoms with Crippen LogP contribution in [0.15, 0.2) is 35.9 Å². The molecule has 0 aromatic heterocycles. The van der Waals surface area contributed by atoms with Crippen molar-refractivity contribution in [3.8, 4) is 0 Å². The van der Waals surface area contributed by atoms with Crippen molar-refractivity contribution in [2.24, 2.45) is 5.92 Å². The van der Waals surface area contributed by atoms with Crippen molar-refractivity contribution >= 4 is 17.8 Å². The molecule has 0 fully saturated rings. The van der Waals surface area contributed by atoms with Crippen LogP contribution in [0.4, 0.5) is 0 Å². The lowest BCUT2D eigenvalue weighted by Gasteiger charge is -2.21. The Morgan fingerprint density at radius 2 is 1.77 bits per heavy atom. The minimum atomic E-state index is -0.895. The largest absolute Gasteiger partial charge is 0.469 e. The van der Waals surface area contributed by atoms with E-state index in [0.29, 0.717) is 30.4 Å². The molecule has 1 aromatic rings. The van der Waals surface area contributed by atoms with Gasteiger partial charge in [0.15, 0.2) is 0 Å². The van der Waals surface area contributed by atoms with Crippen molar-refractivity contribution < 1.29 is 24.2 Å². The number of imide groups is 1. The van der Waals surface area contributed by atoms with Gasteiger partial charge >= 0.3 is 5.97 Å². The lowest BCUT2D eigenvalue weighted by atomic mass is 9.94. The molecule has 0 spiro atoms. The maximum atomic E-state index is 12.3. The number of hydrogen-bond donors (Lipinski definition) is 1. The van der Waals surface area contributed by atoms with E-state index in [1.54, 1.807) is 24.3 Å². The zero-order valence-electron chi connectivity index (χ0n) is 15.4. The van der Waals surface area contributed by atoms with Crippen molar-refractivity contribution in [3.63, 3.8) is 0 Å². The van der Waals surface area contributed by atoms with Gasteiger partial charge in [-0.05, 0) is 45.2 Å². The molecule has 0 radical (unpaired) electrons. The van der Waals surface area contributed by atoms with Crippen molar-refractivity contribution in [1.29, 1.82) is 0 Å². The van der Waals surface area contributed by atoms with Gasteiger partial charge in [-0.1, -0.05) is 23.8 Å². The first-order valence-electron chi connectivity index (χ1n) is 8.71. The van der Waals surface area contributed by atoms with E-state index in [1.165, 1.54) is 12.0 Å². The van der Waals surface area contributed by atoms with Crippen LogP contribution in [-0.4, -0.2) is 47.5 Å². The predicted octanol–water partition coefficient (Wildman–Crippen LogP) is 2.57. The second kappa shape index (κ2) is 8.76. The van der Waals surface area contributed by atoms with Crippen LogP contribution in [0.2, 0.25) is 0 Å². The van der Waals surface area contributed by atoms with Gasteiger partial charge in [-0.3, -0.25) is 19.3 Å². The SMILES string of the molecule is COC(=O)[C@H](CC=C(C)C)[C@H](O)CCCN1C(=O)c2ccccc2C1=O. The first-order valence-corrected chi connectivity index (χ1v) is 8.71. The van der Waals surface area contributed by atoms with Crippen LogP contribution < -0.4 is 0 Å². The number of nitrogens with zero attached hydrogens (tertiary/aromatic N) is 1. The molecule has 1 N–H and O–H groups in total. The Morgan fingerprint density at radius 1 is 1.19 bits per heavy atom. The van der Waals surface area contributed by atoms with Crippen LogP contribution in [0, 0.1) is 5.92 Å². The molecule has 1 aliphatic rings. The van der Waals surface area contributed by atoms with Crippen LogP contribution in [0.25, 0.3) is 0 Å². The highest BCUT2D eigenvalue weighted by atomic mass is 16.5. The summed E-state index contributed by atoms with van der Waals surface area (Å²) in [7, 11) is 1.29. The normalized spacial score (nSPS) is 15.5. The third-order valence-corrected chi connectivity index (χ3v) is 4.51. The molecule has 2 atom stereocenters. The molecule has 0 aliphatic carbocycles. The summed E-state index contributed by atoms with van der Waals surface area (Å²) in [6.07, 6.45) is 2.09. The highest BCUT2D eigenvalue weighted by molar-refractivity contribution is 6.21. The van der Waals surface area contributed by atoms with E-state index in [2.05, 4.69) is 0 Å². The summed E-state index contributed by atoms with van der Waals surface area (Å²) < 4.78 is 4.78. The lowest BCUT2D eigenvalue weighted by Crippen LogP contribution is -2.33. The molecule has 6 nitrogen and oxygen atoms in total. The zero-order chi connectivity index (χ0) is 19.3. The molecule has 140 valence electrons. The number of fused-ring (bicyclic) bond motifs is 1. The molecule has 1 aliphatic heterocycles. The molecule has 26 heavy (non-hydrogen) atoms. The van der Waals surface area contributed by atoms with Gasteiger partial charge in [0.05, 0.1) is 30.3 Å². The molecule has 1 aromatic carbocycles. The van der Waals surface area contributed by atoms with E-state index in [-0.39, 0.29) is 18.4 Å². The predicted molar refractivity (Wildman–Crippen MR) is 96.6 cm³/mol.